The number of halogens is 1. The van der Waals surface area contributed by atoms with E-state index in [1.54, 1.807) is 11.8 Å². The standard InChI is InChI=1S/C27H33ClN4O3/c1-35-17-13-26(33)29-14-5-16-31-15-4-6-22(31)19-32-27(34)24-8-3-2-7-23(24)25(30-32)18-20-9-11-21(28)12-10-20/h2-3,7-12,22H,4-6,13-19H2,1H3,(H,29,33). The van der Waals surface area contributed by atoms with Crippen molar-refractivity contribution in [2.45, 2.75) is 44.7 Å². The number of fused-ring (bicyclic) bond motifs is 1. The van der Waals surface area contributed by atoms with E-state index in [2.05, 4.69) is 10.2 Å². The van der Waals surface area contributed by atoms with Crippen molar-refractivity contribution in [3.8, 4) is 0 Å². The van der Waals surface area contributed by atoms with Gasteiger partial charge in [-0.3, -0.25) is 14.5 Å². The molecule has 3 aromatic rings. The Morgan fingerprint density at radius 3 is 2.71 bits per heavy atom. The molecule has 1 aliphatic rings. The van der Waals surface area contributed by atoms with Gasteiger partial charge in [0, 0.05) is 49.5 Å². The van der Waals surface area contributed by atoms with Crippen LogP contribution in [0.2, 0.25) is 5.02 Å². The molecule has 0 spiro atoms. The molecular weight excluding hydrogens is 464 g/mol. The SMILES string of the molecule is COCCC(=O)NCCCN1CCCC1Cn1nc(Cc2ccc(Cl)cc2)c2ccccc2c1=O. The van der Waals surface area contributed by atoms with Gasteiger partial charge in [-0.2, -0.15) is 5.10 Å². The van der Waals surface area contributed by atoms with Gasteiger partial charge in [0.2, 0.25) is 5.91 Å². The molecule has 1 amide bonds. The third-order valence-electron chi connectivity index (χ3n) is 6.59. The van der Waals surface area contributed by atoms with Crippen LogP contribution in [0.15, 0.2) is 53.3 Å². The first kappa shape index (κ1) is 25.4. The van der Waals surface area contributed by atoms with Gasteiger partial charge in [-0.1, -0.05) is 41.9 Å². The lowest BCUT2D eigenvalue weighted by atomic mass is 10.0. The Bertz CT molecular complexity index is 1200. The van der Waals surface area contributed by atoms with Gasteiger partial charge in [-0.25, -0.2) is 4.68 Å². The first-order valence-corrected chi connectivity index (χ1v) is 12.7. The van der Waals surface area contributed by atoms with Crippen molar-refractivity contribution in [3.63, 3.8) is 0 Å². The number of ether oxygens (including phenoxy) is 1. The van der Waals surface area contributed by atoms with Crippen molar-refractivity contribution in [1.82, 2.24) is 20.0 Å². The first-order chi connectivity index (χ1) is 17.0. The number of hydrogen-bond donors (Lipinski definition) is 1. The number of carbonyl (C=O) groups excluding carboxylic acids is 1. The van der Waals surface area contributed by atoms with Crippen molar-refractivity contribution in [2.24, 2.45) is 0 Å². The number of methoxy groups -OCH3 is 1. The molecule has 35 heavy (non-hydrogen) atoms. The van der Waals surface area contributed by atoms with Crippen LogP contribution in [0.25, 0.3) is 10.8 Å². The van der Waals surface area contributed by atoms with Crippen LogP contribution < -0.4 is 10.9 Å². The molecule has 2 heterocycles. The highest BCUT2D eigenvalue weighted by atomic mass is 35.5. The van der Waals surface area contributed by atoms with Crippen LogP contribution in [-0.2, 0) is 22.5 Å². The Morgan fingerprint density at radius 1 is 1.17 bits per heavy atom. The Kier molecular flexibility index (Phi) is 8.90. The maximum Gasteiger partial charge on any atom is 0.274 e. The summed E-state index contributed by atoms with van der Waals surface area (Å²) in [6.07, 6.45) is 4.03. The van der Waals surface area contributed by atoms with Gasteiger partial charge in [-0.15, -0.1) is 0 Å². The molecule has 7 nitrogen and oxygen atoms in total. The lowest BCUT2D eigenvalue weighted by molar-refractivity contribution is -0.121. The summed E-state index contributed by atoms with van der Waals surface area (Å²) < 4.78 is 6.60. The second kappa shape index (κ2) is 12.3. The van der Waals surface area contributed by atoms with Gasteiger partial charge in [0.1, 0.15) is 0 Å². The van der Waals surface area contributed by atoms with Crippen LogP contribution in [0, 0.1) is 0 Å². The molecule has 0 saturated carbocycles. The van der Waals surface area contributed by atoms with E-state index in [1.807, 2.05) is 48.5 Å². The summed E-state index contributed by atoms with van der Waals surface area (Å²) in [5.74, 6) is 0.0185. The van der Waals surface area contributed by atoms with Crippen molar-refractivity contribution in [1.29, 1.82) is 0 Å². The summed E-state index contributed by atoms with van der Waals surface area (Å²) in [6.45, 7) is 3.54. The van der Waals surface area contributed by atoms with E-state index in [0.29, 0.717) is 42.9 Å². The van der Waals surface area contributed by atoms with Gasteiger partial charge in [0.25, 0.3) is 5.56 Å². The van der Waals surface area contributed by atoms with Crippen molar-refractivity contribution < 1.29 is 9.53 Å². The van der Waals surface area contributed by atoms with Crippen molar-refractivity contribution in [3.05, 3.63) is 75.2 Å². The van der Waals surface area contributed by atoms with Crippen molar-refractivity contribution in [2.75, 3.05) is 33.4 Å². The molecule has 1 aliphatic heterocycles. The molecule has 1 fully saturated rings. The second-order valence-electron chi connectivity index (χ2n) is 9.06. The molecule has 4 rings (SSSR count). The van der Waals surface area contributed by atoms with E-state index >= 15 is 0 Å². The van der Waals surface area contributed by atoms with E-state index in [1.165, 1.54) is 0 Å². The highest BCUT2D eigenvalue weighted by Crippen LogP contribution is 2.21. The first-order valence-electron chi connectivity index (χ1n) is 12.3. The molecule has 0 radical (unpaired) electrons. The highest BCUT2D eigenvalue weighted by Gasteiger charge is 2.25. The summed E-state index contributed by atoms with van der Waals surface area (Å²) >= 11 is 6.05. The largest absolute Gasteiger partial charge is 0.384 e. The lowest BCUT2D eigenvalue weighted by Crippen LogP contribution is -2.39. The summed E-state index contributed by atoms with van der Waals surface area (Å²) in [6, 6.07) is 15.7. The van der Waals surface area contributed by atoms with Crippen LogP contribution >= 0.6 is 11.6 Å². The number of carbonyl (C=O) groups is 1. The maximum absolute atomic E-state index is 13.3. The van der Waals surface area contributed by atoms with Gasteiger partial charge in [-0.05, 0) is 49.6 Å². The van der Waals surface area contributed by atoms with Crippen LogP contribution in [0.3, 0.4) is 0 Å². The quantitative estimate of drug-likeness (QED) is 0.410. The van der Waals surface area contributed by atoms with Crippen molar-refractivity contribution >= 4 is 28.3 Å². The van der Waals surface area contributed by atoms with Crippen LogP contribution in [0.1, 0.15) is 36.9 Å². The molecule has 0 aliphatic carbocycles. The van der Waals surface area contributed by atoms with E-state index in [-0.39, 0.29) is 17.5 Å². The zero-order chi connectivity index (χ0) is 24.6. The average Bonchev–Trinajstić information content (AvgIpc) is 3.31. The molecule has 186 valence electrons. The Labute approximate surface area is 211 Å². The Hall–Kier alpha value is -2.74. The Morgan fingerprint density at radius 2 is 1.94 bits per heavy atom. The normalized spacial score (nSPS) is 16.1. The zero-order valence-electron chi connectivity index (χ0n) is 20.2. The predicted molar refractivity (Wildman–Crippen MR) is 139 cm³/mol. The lowest BCUT2D eigenvalue weighted by Gasteiger charge is -2.25. The average molecular weight is 497 g/mol. The summed E-state index contributed by atoms with van der Waals surface area (Å²) in [7, 11) is 1.59. The molecule has 1 N–H and O–H groups in total. The van der Waals surface area contributed by atoms with Crippen LogP contribution in [-0.4, -0.2) is 60.0 Å². The third kappa shape index (κ3) is 6.69. The molecule has 1 atom stereocenters. The molecule has 2 aromatic carbocycles. The van der Waals surface area contributed by atoms with Gasteiger partial charge >= 0.3 is 0 Å². The number of nitrogens with one attached hydrogen (secondary N) is 1. The summed E-state index contributed by atoms with van der Waals surface area (Å²) in [4.78, 5) is 27.5. The maximum atomic E-state index is 13.3. The molecule has 1 aromatic heterocycles. The van der Waals surface area contributed by atoms with E-state index in [0.717, 1.165) is 49.0 Å². The monoisotopic (exact) mass is 496 g/mol. The predicted octanol–water partition coefficient (Wildman–Crippen LogP) is 3.65. The topological polar surface area (TPSA) is 76.5 Å². The molecule has 0 bridgehead atoms. The summed E-state index contributed by atoms with van der Waals surface area (Å²) in [5.41, 5.74) is 1.95. The highest BCUT2D eigenvalue weighted by molar-refractivity contribution is 6.30. The van der Waals surface area contributed by atoms with Gasteiger partial charge in [0.05, 0.1) is 24.2 Å². The smallest absolute Gasteiger partial charge is 0.274 e. The fraction of sp³-hybridized carbons (Fsp3) is 0.444. The minimum Gasteiger partial charge on any atom is -0.384 e. The number of benzene rings is 2. The number of aromatic nitrogens is 2. The molecular formula is C27H33ClN4O3. The van der Waals surface area contributed by atoms with Gasteiger partial charge in [0.15, 0.2) is 0 Å². The number of hydrogen-bond acceptors (Lipinski definition) is 5. The fourth-order valence-electron chi connectivity index (χ4n) is 4.74. The van der Waals surface area contributed by atoms with Gasteiger partial charge < -0.3 is 10.1 Å². The number of likely N-dealkylation sites (tertiary alicyclic amines) is 1. The number of rotatable bonds is 11. The number of amides is 1. The zero-order valence-corrected chi connectivity index (χ0v) is 21.0. The van der Waals surface area contributed by atoms with E-state index in [4.69, 9.17) is 21.4 Å². The Balaban J connectivity index is 1.46. The molecule has 1 saturated heterocycles. The van der Waals surface area contributed by atoms with E-state index < -0.39 is 0 Å². The fourth-order valence-corrected chi connectivity index (χ4v) is 4.87. The van der Waals surface area contributed by atoms with Crippen LogP contribution in [0.4, 0.5) is 0 Å². The third-order valence-corrected chi connectivity index (χ3v) is 6.84. The number of nitrogens with zero attached hydrogens (tertiary/aromatic N) is 3. The minimum atomic E-state index is -0.0438. The summed E-state index contributed by atoms with van der Waals surface area (Å²) in [5, 5.41) is 10.1. The minimum absolute atomic E-state index is 0.0185. The van der Waals surface area contributed by atoms with Crippen LogP contribution in [0.5, 0.6) is 0 Å². The second-order valence-corrected chi connectivity index (χ2v) is 9.50. The molecule has 8 heteroatoms. The molecule has 1 unspecified atom stereocenters. The van der Waals surface area contributed by atoms with E-state index in [9.17, 15) is 9.59 Å².